The lowest BCUT2D eigenvalue weighted by atomic mass is 10.0. The van der Waals surface area contributed by atoms with Gasteiger partial charge in [0.05, 0.1) is 6.04 Å². The third-order valence-corrected chi connectivity index (χ3v) is 7.50. The third-order valence-electron chi connectivity index (χ3n) is 7.50. The maximum Gasteiger partial charge on any atom is 0.243 e. The van der Waals surface area contributed by atoms with Gasteiger partial charge in [0.25, 0.3) is 0 Å². The second kappa shape index (κ2) is 14.3. The summed E-state index contributed by atoms with van der Waals surface area (Å²) in [6.07, 6.45) is 1.45. The van der Waals surface area contributed by atoms with Gasteiger partial charge in [-0.3, -0.25) is 19.2 Å². The first kappa shape index (κ1) is 31.0. The molecule has 0 aliphatic carbocycles. The number of primary amides is 1. The molecular formula is C32H37N5O6. The summed E-state index contributed by atoms with van der Waals surface area (Å²) in [5.74, 6) is -2.08. The van der Waals surface area contributed by atoms with E-state index in [9.17, 15) is 29.4 Å². The predicted molar refractivity (Wildman–Crippen MR) is 160 cm³/mol. The molecular weight excluding hydrogens is 550 g/mol. The van der Waals surface area contributed by atoms with Crippen LogP contribution in [0.5, 0.6) is 11.5 Å². The summed E-state index contributed by atoms with van der Waals surface area (Å²) in [5.41, 5.74) is 14.1. The van der Waals surface area contributed by atoms with E-state index in [0.29, 0.717) is 24.9 Å². The summed E-state index contributed by atoms with van der Waals surface area (Å²) in [6.45, 7) is 0.343. The first-order valence-electron chi connectivity index (χ1n) is 14.2. The lowest BCUT2D eigenvalue weighted by molar-refractivity contribution is -0.140. The van der Waals surface area contributed by atoms with Crippen molar-refractivity contribution in [2.75, 3.05) is 6.54 Å². The van der Waals surface area contributed by atoms with E-state index in [4.69, 9.17) is 11.5 Å². The number of nitrogens with one attached hydrogen (secondary N) is 2. The van der Waals surface area contributed by atoms with E-state index in [0.717, 1.165) is 11.1 Å². The number of phenols is 2. The normalized spacial score (nSPS) is 16.6. The van der Waals surface area contributed by atoms with Gasteiger partial charge in [0.15, 0.2) is 0 Å². The highest BCUT2D eigenvalue weighted by atomic mass is 16.3. The number of carbonyl (C=O) groups is 4. The minimum absolute atomic E-state index is 0.0502. The molecule has 1 aliphatic heterocycles. The Morgan fingerprint density at radius 3 is 1.88 bits per heavy atom. The first-order chi connectivity index (χ1) is 20.6. The van der Waals surface area contributed by atoms with Crippen molar-refractivity contribution in [2.24, 2.45) is 11.5 Å². The van der Waals surface area contributed by atoms with Gasteiger partial charge in [0.2, 0.25) is 23.6 Å². The molecule has 1 fully saturated rings. The molecule has 0 saturated carbocycles. The van der Waals surface area contributed by atoms with Crippen LogP contribution in [0.1, 0.15) is 29.5 Å². The minimum atomic E-state index is -1.10. The Morgan fingerprint density at radius 1 is 0.767 bits per heavy atom. The molecule has 3 aromatic carbocycles. The van der Waals surface area contributed by atoms with Crippen LogP contribution in [-0.4, -0.2) is 69.5 Å². The molecule has 0 bridgehead atoms. The minimum Gasteiger partial charge on any atom is -0.508 e. The number of carbonyl (C=O) groups excluding carboxylic acids is 4. The van der Waals surface area contributed by atoms with Crippen LogP contribution in [0.4, 0.5) is 0 Å². The summed E-state index contributed by atoms with van der Waals surface area (Å²) < 4.78 is 0. The van der Waals surface area contributed by atoms with Gasteiger partial charge in [-0.2, -0.15) is 0 Å². The number of aromatic hydroxyl groups is 2. The van der Waals surface area contributed by atoms with Gasteiger partial charge in [-0.05, 0) is 60.2 Å². The maximum atomic E-state index is 13.6. The molecule has 0 aromatic heterocycles. The summed E-state index contributed by atoms with van der Waals surface area (Å²) >= 11 is 0. The third kappa shape index (κ3) is 8.55. The molecule has 1 heterocycles. The van der Waals surface area contributed by atoms with Crippen molar-refractivity contribution >= 4 is 23.6 Å². The van der Waals surface area contributed by atoms with E-state index in [1.54, 1.807) is 24.3 Å². The van der Waals surface area contributed by atoms with Crippen LogP contribution in [0.3, 0.4) is 0 Å². The van der Waals surface area contributed by atoms with Crippen molar-refractivity contribution in [3.8, 4) is 11.5 Å². The zero-order valence-corrected chi connectivity index (χ0v) is 23.7. The van der Waals surface area contributed by atoms with Gasteiger partial charge in [0, 0.05) is 19.4 Å². The van der Waals surface area contributed by atoms with Gasteiger partial charge >= 0.3 is 0 Å². The van der Waals surface area contributed by atoms with E-state index < -0.39 is 41.9 Å². The topological polar surface area (TPSA) is 188 Å². The Hall–Kier alpha value is -4.90. The monoisotopic (exact) mass is 587 g/mol. The van der Waals surface area contributed by atoms with Crippen LogP contribution in [0, 0.1) is 0 Å². The largest absolute Gasteiger partial charge is 0.508 e. The number of likely N-dealkylation sites (tertiary alicyclic amines) is 1. The molecule has 0 spiro atoms. The van der Waals surface area contributed by atoms with Gasteiger partial charge < -0.3 is 37.2 Å². The highest BCUT2D eigenvalue weighted by molar-refractivity contribution is 5.95. The zero-order chi connectivity index (χ0) is 30.9. The van der Waals surface area contributed by atoms with Crippen molar-refractivity contribution in [3.63, 3.8) is 0 Å². The lowest BCUT2D eigenvalue weighted by Crippen LogP contribution is -2.58. The van der Waals surface area contributed by atoms with E-state index in [2.05, 4.69) is 10.6 Å². The van der Waals surface area contributed by atoms with Crippen molar-refractivity contribution < 1.29 is 29.4 Å². The molecule has 4 atom stereocenters. The first-order valence-corrected chi connectivity index (χ1v) is 14.2. The van der Waals surface area contributed by atoms with Crippen LogP contribution in [0.15, 0.2) is 78.9 Å². The molecule has 43 heavy (non-hydrogen) atoms. The SMILES string of the molecule is NC(=O)[C@H](Cc1ccccc1)NC(=O)[C@H](Cc1ccc(O)cc1)NC(=O)[C@@H]1CCCN1C(=O)[C@@H](N)Cc1ccc(O)cc1. The Kier molecular flexibility index (Phi) is 10.3. The Bertz CT molecular complexity index is 1410. The van der Waals surface area contributed by atoms with Gasteiger partial charge in [-0.25, -0.2) is 0 Å². The fourth-order valence-corrected chi connectivity index (χ4v) is 5.18. The standard InChI is InChI=1S/C32H37N5O6/c33-25(17-21-8-12-23(38)13-9-21)32(43)37-16-4-7-28(37)31(42)36-27(19-22-10-14-24(39)15-11-22)30(41)35-26(29(34)40)18-20-5-2-1-3-6-20/h1-3,5-6,8-15,25-28,38-39H,4,7,16-19,33H2,(H2,34,40)(H,35,41)(H,36,42)/t25-,26-,27-,28-/m0/s1. The fourth-order valence-electron chi connectivity index (χ4n) is 5.18. The maximum absolute atomic E-state index is 13.6. The average molecular weight is 588 g/mol. The fraction of sp³-hybridized carbons (Fsp3) is 0.312. The number of phenolic OH excluding ortho intramolecular Hbond substituents is 2. The number of nitrogens with zero attached hydrogens (tertiary/aromatic N) is 1. The summed E-state index contributed by atoms with van der Waals surface area (Å²) in [7, 11) is 0. The molecule has 1 saturated heterocycles. The van der Waals surface area contributed by atoms with Crippen LogP contribution < -0.4 is 22.1 Å². The van der Waals surface area contributed by atoms with Gasteiger partial charge in [0.1, 0.15) is 29.6 Å². The predicted octanol–water partition coefficient (Wildman–Crippen LogP) is 0.899. The molecule has 11 heteroatoms. The molecule has 11 nitrogen and oxygen atoms in total. The van der Waals surface area contributed by atoms with E-state index in [1.807, 2.05) is 30.3 Å². The number of amides is 4. The molecule has 0 unspecified atom stereocenters. The van der Waals surface area contributed by atoms with Crippen molar-refractivity contribution in [1.29, 1.82) is 0 Å². The summed E-state index contributed by atoms with van der Waals surface area (Å²) in [6, 6.07) is 17.8. The Balaban J connectivity index is 1.48. The molecule has 4 amide bonds. The quantitative estimate of drug-likeness (QED) is 0.182. The summed E-state index contributed by atoms with van der Waals surface area (Å²) in [5, 5.41) is 24.7. The second-order valence-electron chi connectivity index (χ2n) is 10.8. The van der Waals surface area contributed by atoms with Crippen LogP contribution in [0.25, 0.3) is 0 Å². The van der Waals surface area contributed by atoms with E-state index >= 15 is 0 Å². The number of rotatable bonds is 12. The summed E-state index contributed by atoms with van der Waals surface area (Å²) in [4.78, 5) is 54.1. The number of nitrogens with two attached hydrogens (primary N) is 2. The number of hydrogen-bond acceptors (Lipinski definition) is 7. The van der Waals surface area contributed by atoms with Gasteiger partial charge in [-0.1, -0.05) is 54.6 Å². The second-order valence-corrected chi connectivity index (χ2v) is 10.8. The zero-order valence-electron chi connectivity index (χ0n) is 23.7. The number of hydrogen-bond donors (Lipinski definition) is 6. The molecule has 8 N–H and O–H groups in total. The lowest BCUT2D eigenvalue weighted by Gasteiger charge is -2.29. The highest BCUT2D eigenvalue weighted by Crippen LogP contribution is 2.21. The van der Waals surface area contributed by atoms with Crippen LogP contribution in [-0.2, 0) is 38.4 Å². The molecule has 0 radical (unpaired) electrons. The van der Waals surface area contributed by atoms with Crippen LogP contribution in [0.2, 0.25) is 0 Å². The Labute approximate surface area is 249 Å². The molecule has 1 aliphatic rings. The Morgan fingerprint density at radius 2 is 1.30 bits per heavy atom. The average Bonchev–Trinajstić information content (AvgIpc) is 3.49. The van der Waals surface area contributed by atoms with Gasteiger partial charge in [-0.15, -0.1) is 0 Å². The van der Waals surface area contributed by atoms with Crippen LogP contribution >= 0.6 is 0 Å². The smallest absolute Gasteiger partial charge is 0.243 e. The molecule has 226 valence electrons. The highest BCUT2D eigenvalue weighted by Gasteiger charge is 2.38. The van der Waals surface area contributed by atoms with E-state index in [1.165, 1.54) is 29.2 Å². The molecule has 3 aromatic rings. The van der Waals surface area contributed by atoms with Crippen molar-refractivity contribution in [1.82, 2.24) is 15.5 Å². The van der Waals surface area contributed by atoms with Crippen molar-refractivity contribution in [3.05, 3.63) is 95.6 Å². The van der Waals surface area contributed by atoms with E-state index in [-0.39, 0.29) is 36.7 Å². The molecule has 4 rings (SSSR count). The van der Waals surface area contributed by atoms with Crippen molar-refractivity contribution in [2.45, 2.75) is 56.3 Å². The number of benzene rings is 3.